The number of thiophene rings is 1. The SMILES string of the molecule is O=C(/C=C/c1ccc(C=NCc2cccs2)cc1)c1cccc2c1C(=O)c1ccccc1C2=O. The number of benzene rings is 3. The molecule has 0 saturated carbocycles. The van der Waals surface area contributed by atoms with Gasteiger partial charge in [-0.2, -0.15) is 0 Å². The zero-order valence-electron chi connectivity index (χ0n) is 18.1. The number of allylic oxidation sites excluding steroid dienone is 1. The highest BCUT2D eigenvalue weighted by Gasteiger charge is 2.32. The summed E-state index contributed by atoms with van der Waals surface area (Å²) in [6, 6.07) is 23.3. The molecule has 0 amide bonds. The molecule has 0 spiro atoms. The smallest absolute Gasteiger partial charge is 0.195 e. The van der Waals surface area contributed by atoms with E-state index in [1.807, 2.05) is 41.9 Å². The molecule has 1 aliphatic rings. The van der Waals surface area contributed by atoms with Gasteiger partial charge in [0.2, 0.25) is 0 Å². The third kappa shape index (κ3) is 4.21. The van der Waals surface area contributed by atoms with E-state index < -0.39 is 0 Å². The lowest BCUT2D eigenvalue weighted by molar-refractivity contribution is 0.0972. The topological polar surface area (TPSA) is 63.6 Å². The summed E-state index contributed by atoms with van der Waals surface area (Å²) >= 11 is 1.68. The van der Waals surface area contributed by atoms with Gasteiger partial charge in [-0.05, 0) is 28.6 Å². The summed E-state index contributed by atoms with van der Waals surface area (Å²) in [5.41, 5.74) is 3.21. The van der Waals surface area contributed by atoms with Crippen molar-refractivity contribution in [3.05, 3.63) is 134 Å². The summed E-state index contributed by atoms with van der Waals surface area (Å²) < 4.78 is 0. The van der Waals surface area contributed by atoms with Gasteiger partial charge in [0.15, 0.2) is 17.3 Å². The number of nitrogens with zero attached hydrogens (tertiary/aromatic N) is 1. The Kier molecular flexibility index (Phi) is 5.93. The summed E-state index contributed by atoms with van der Waals surface area (Å²) in [6.07, 6.45) is 4.97. The molecule has 4 aromatic rings. The minimum absolute atomic E-state index is 0.179. The number of ketones is 3. The third-order valence-electron chi connectivity index (χ3n) is 5.65. The van der Waals surface area contributed by atoms with E-state index in [2.05, 4.69) is 11.1 Å². The standard InChI is InChI=1S/C29H19NO3S/c31-26(15-14-19-10-12-20(13-11-19)17-30-18-21-5-4-16-34-21)24-8-3-9-25-27(24)29(33)23-7-2-1-6-22(23)28(25)32/h1-17H,18H2/b15-14+,30-17?. The van der Waals surface area contributed by atoms with Crippen LogP contribution in [0.5, 0.6) is 0 Å². The fourth-order valence-electron chi connectivity index (χ4n) is 3.95. The Bertz CT molecular complexity index is 1460. The monoisotopic (exact) mass is 461 g/mol. The zero-order chi connectivity index (χ0) is 23.5. The van der Waals surface area contributed by atoms with E-state index in [0.29, 0.717) is 17.7 Å². The van der Waals surface area contributed by atoms with Gasteiger partial charge in [0, 0.05) is 38.9 Å². The van der Waals surface area contributed by atoms with Crippen LogP contribution in [-0.4, -0.2) is 23.6 Å². The Morgan fingerprint density at radius 2 is 1.47 bits per heavy atom. The highest BCUT2D eigenvalue weighted by Crippen LogP contribution is 2.30. The van der Waals surface area contributed by atoms with Crippen LogP contribution in [0.2, 0.25) is 0 Å². The van der Waals surface area contributed by atoms with Crippen LogP contribution in [0, 0.1) is 0 Å². The first-order valence-corrected chi connectivity index (χ1v) is 11.7. The Morgan fingerprint density at radius 3 is 2.21 bits per heavy atom. The van der Waals surface area contributed by atoms with Gasteiger partial charge in [-0.1, -0.05) is 78.9 Å². The molecule has 1 aromatic heterocycles. The van der Waals surface area contributed by atoms with Crippen LogP contribution in [0.3, 0.4) is 0 Å². The van der Waals surface area contributed by atoms with E-state index in [0.717, 1.165) is 11.1 Å². The average Bonchev–Trinajstić information content (AvgIpc) is 3.40. The molecule has 5 rings (SSSR count). The molecule has 0 radical (unpaired) electrons. The van der Waals surface area contributed by atoms with E-state index >= 15 is 0 Å². The maximum Gasteiger partial charge on any atom is 0.195 e. The van der Waals surface area contributed by atoms with Crippen LogP contribution < -0.4 is 0 Å². The molecule has 3 aromatic carbocycles. The number of fused-ring (bicyclic) bond motifs is 2. The molecular formula is C29H19NO3S. The second-order valence-corrected chi connectivity index (χ2v) is 8.88. The van der Waals surface area contributed by atoms with Crippen LogP contribution >= 0.6 is 11.3 Å². The van der Waals surface area contributed by atoms with Gasteiger partial charge in [0.25, 0.3) is 0 Å². The minimum atomic E-state index is -0.320. The summed E-state index contributed by atoms with van der Waals surface area (Å²) in [4.78, 5) is 44.7. The lowest BCUT2D eigenvalue weighted by atomic mass is 9.81. The average molecular weight is 462 g/mol. The van der Waals surface area contributed by atoms with Crippen molar-refractivity contribution in [1.29, 1.82) is 0 Å². The maximum absolute atomic E-state index is 13.1. The predicted molar refractivity (Wildman–Crippen MR) is 135 cm³/mol. The summed E-state index contributed by atoms with van der Waals surface area (Å²) in [5, 5.41) is 2.03. The van der Waals surface area contributed by atoms with Crippen molar-refractivity contribution in [2.45, 2.75) is 6.54 Å². The van der Waals surface area contributed by atoms with Gasteiger partial charge in [-0.25, -0.2) is 0 Å². The van der Waals surface area contributed by atoms with Crippen molar-refractivity contribution < 1.29 is 14.4 Å². The number of hydrogen-bond acceptors (Lipinski definition) is 5. The second-order valence-electron chi connectivity index (χ2n) is 7.85. The maximum atomic E-state index is 13.1. The van der Waals surface area contributed by atoms with E-state index in [4.69, 9.17) is 0 Å². The zero-order valence-corrected chi connectivity index (χ0v) is 18.9. The largest absolute Gasteiger partial charge is 0.289 e. The molecule has 0 atom stereocenters. The Hall–Kier alpha value is -4.22. The van der Waals surface area contributed by atoms with Crippen LogP contribution in [0.4, 0.5) is 0 Å². The van der Waals surface area contributed by atoms with Crippen molar-refractivity contribution in [3.8, 4) is 0 Å². The molecule has 5 heteroatoms. The molecule has 1 aliphatic carbocycles. The van der Waals surface area contributed by atoms with Crippen molar-refractivity contribution in [3.63, 3.8) is 0 Å². The van der Waals surface area contributed by atoms with Crippen molar-refractivity contribution in [1.82, 2.24) is 0 Å². The molecule has 0 fully saturated rings. The number of carbonyl (C=O) groups excluding carboxylic acids is 3. The summed E-state index contributed by atoms with van der Waals surface area (Å²) in [5.74, 6) is -0.854. The van der Waals surface area contributed by atoms with Crippen molar-refractivity contribution >= 4 is 41.0 Å². The van der Waals surface area contributed by atoms with Crippen LogP contribution in [0.25, 0.3) is 6.08 Å². The highest BCUT2D eigenvalue weighted by atomic mass is 32.1. The predicted octanol–water partition coefficient (Wildman–Crippen LogP) is 6.04. The summed E-state index contributed by atoms with van der Waals surface area (Å²) in [6.45, 7) is 0.654. The Labute approximate surface area is 200 Å². The molecule has 0 N–H and O–H groups in total. The van der Waals surface area contributed by atoms with Gasteiger partial charge < -0.3 is 0 Å². The molecule has 34 heavy (non-hydrogen) atoms. The van der Waals surface area contributed by atoms with Crippen LogP contribution in [0.15, 0.2) is 95.3 Å². The molecule has 4 nitrogen and oxygen atoms in total. The fourth-order valence-corrected chi connectivity index (χ4v) is 4.59. The van der Waals surface area contributed by atoms with Gasteiger partial charge in [-0.3, -0.25) is 19.4 Å². The third-order valence-corrected chi connectivity index (χ3v) is 6.51. The van der Waals surface area contributed by atoms with Gasteiger partial charge in [0.05, 0.1) is 6.54 Å². The molecule has 0 unspecified atom stereocenters. The number of aliphatic imine (C=N–C) groups is 1. The lowest BCUT2D eigenvalue weighted by Crippen LogP contribution is -2.23. The first kappa shape index (κ1) is 21.6. The summed E-state index contributed by atoms with van der Waals surface area (Å²) in [7, 11) is 0. The van der Waals surface area contributed by atoms with E-state index in [-0.39, 0.29) is 34.0 Å². The van der Waals surface area contributed by atoms with Crippen LogP contribution in [-0.2, 0) is 6.54 Å². The quantitative estimate of drug-likeness (QED) is 0.176. The van der Waals surface area contributed by atoms with Crippen molar-refractivity contribution in [2.24, 2.45) is 4.99 Å². The van der Waals surface area contributed by atoms with Gasteiger partial charge in [0.1, 0.15) is 0 Å². The van der Waals surface area contributed by atoms with E-state index in [1.54, 1.807) is 59.9 Å². The van der Waals surface area contributed by atoms with E-state index in [9.17, 15) is 14.4 Å². The molecule has 164 valence electrons. The van der Waals surface area contributed by atoms with Crippen LogP contribution in [0.1, 0.15) is 58.2 Å². The molecule has 1 heterocycles. The molecule has 0 aliphatic heterocycles. The fraction of sp³-hybridized carbons (Fsp3) is 0.0345. The number of carbonyl (C=O) groups is 3. The molecule has 0 bridgehead atoms. The Balaban J connectivity index is 1.34. The number of rotatable bonds is 6. The first-order valence-electron chi connectivity index (χ1n) is 10.8. The normalized spacial score (nSPS) is 12.8. The Morgan fingerprint density at radius 1 is 0.765 bits per heavy atom. The van der Waals surface area contributed by atoms with Crippen molar-refractivity contribution in [2.75, 3.05) is 0 Å². The van der Waals surface area contributed by atoms with Gasteiger partial charge >= 0.3 is 0 Å². The molecule has 0 saturated heterocycles. The number of hydrogen-bond donors (Lipinski definition) is 0. The van der Waals surface area contributed by atoms with Gasteiger partial charge in [-0.15, -0.1) is 11.3 Å². The highest BCUT2D eigenvalue weighted by molar-refractivity contribution is 7.09. The molecular weight excluding hydrogens is 442 g/mol. The first-order chi connectivity index (χ1) is 16.6. The minimum Gasteiger partial charge on any atom is -0.289 e. The second kappa shape index (κ2) is 9.33. The van der Waals surface area contributed by atoms with E-state index in [1.165, 1.54) is 11.0 Å². The lowest BCUT2D eigenvalue weighted by Gasteiger charge is -2.19.